The van der Waals surface area contributed by atoms with Crippen molar-refractivity contribution < 1.29 is 4.79 Å². The molecule has 0 aliphatic heterocycles. The molecule has 2 heteroatoms. The first-order valence-corrected chi connectivity index (χ1v) is 6.60. The number of carbonyl (C=O) groups excluding carboxylic acids is 1. The van der Waals surface area contributed by atoms with Crippen LogP contribution in [-0.2, 0) is 4.79 Å². The highest BCUT2D eigenvalue weighted by Gasteiger charge is 2.12. The van der Waals surface area contributed by atoms with E-state index in [1.54, 1.807) is 0 Å². The number of unbranched alkanes of at least 4 members (excludes halogenated alkanes) is 3. The van der Waals surface area contributed by atoms with Crippen molar-refractivity contribution in [1.29, 1.82) is 0 Å². The van der Waals surface area contributed by atoms with Crippen LogP contribution in [-0.4, -0.2) is 13.0 Å². The SMILES string of the molecule is O=CNCCCCCCC1CCCCC1. The van der Waals surface area contributed by atoms with Crippen molar-refractivity contribution >= 4 is 6.41 Å². The van der Waals surface area contributed by atoms with Crippen molar-refractivity contribution in [3.05, 3.63) is 0 Å². The van der Waals surface area contributed by atoms with Crippen LogP contribution < -0.4 is 5.32 Å². The minimum Gasteiger partial charge on any atom is -0.359 e. The summed E-state index contributed by atoms with van der Waals surface area (Å²) in [7, 11) is 0. The summed E-state index contributed by atoms with van der Waals surface area (Å²) in [5.74, 6) is 1.03. The highest BCUT2D eigenvalue weighted by Crippen LogP contribution is 2.27. The van der Waals surface area contributed by atoms with Gasteiger partial charge >= 0.3 is 0 Å². The maximum Gasteiger partial charge on any atom is 0.207 e. The largest absolute Gasteiger partial charge is 0.359 e. The van der Waals surface area contributed by atoms with Gasteiger partial charge in [0, 0.05) is 6.54 Å². The van der Waals surface area contributed by atoms with E-state index in [-0.39, 0.29) is 0 Å². The number of amides is 1. The van der Waals surface area contributed by atoms with E-state index in [0.29, 0.717) is 0 Å². The highest BCUT2D eigenvalue weighted by molar-refractivity contribution is 5.45. The first-order valence-electron chi connectivity index (χ1n) is 6.60. The maximum absolute atomic E-state index is 9.99. The predicted molar refractivity (Wildman–Crippen MR) is 63.7 cm³/mol. The molecule has 1 rings (SSSR count). The molecule has 0 aromatic heterocycles. The lowest BCUT2D eigenvalue weighted by Gasteiger charge is -2.21. The van der Waals surface area contributed by atoms with Crippen molar-refractivity contribution in [3.63, 3.8) is 0 Å². The molecule has 1 N–H and O–H groups in total. The molecule has 1 aliphatic carbocycles. The van der Waals surface area contributed by atoms with Crippen LogP contribution in [0.15, 0.2) is 0 Å². The van der Waals surface area contributed by atoms with Crippen LogP contribution in [0, 0.1) is 5.92 Å². The molecule has 1 aliphatic rings. The molecule has 0 aromatic rings. The molecule has 88 valence electrons. The number of nitrogens with one attached hydrogen (secondary N) is 1. The smallest absolute Gasteiger partial charge is 0.207 e. The van der Waals surface area contributed by atoms with Crippen LogP contribution >= 0.6 is 0 Å². The topological polar surface area (TPSA) is 29.1 Å². The Kier molecular flexibility index (Phi) is 7.32. The summed E-state index contributed by atoms with van der Waals surface area (Å²) >= 11 is 0. The van der Waals surface area contributed by atoms with E-state index < -0.39 is 0 Å². The van der Waals surface area contributed by atoms with E-state index in [2.05, 4.69) is 5.32 Å². The normalized spacial score (nSPS) is 17.6. The minimum atomic E-state index is 0.794. The van der Waals surface area contributed by atoms with Gasteiger partial charge in [0.1, 0.15) is 0 Å². The quantitative estimate of drug-likeness (QED) is 0.484. The zero-order chi connectivity index (χ0) is 10.8. The highest BCUT2D eigenvalue weighted by atomic mass is 16.1. The van der Waals surface area contributed by atoms with Gasteiger partial charge in [-0.15, -0.1) is 0 Å². The number of rotatable bonds is 8. The minimum absolute atomic E-state index is 0.794. The monoisotopic (exact) mass is 211 g/mol. The molecular formula is C13H25NO. The average molecular weight is 211 g/mol. The lowest BCUT2D eigenvalue weighted by Crippen LogP contribution is -2.11. The predicted octanol–water partition coefficient (Wildman–Crippen LogP) is 3.26. The fraction of sp³-hybridized carbons (Fsp3) is 0.923. The van der Waals surface area contributed by atoms with Gasteiger partial charge in [0.05, 0.1) is 0 Å². The van der Waals surface area contributed by atoms with Gasteiger partial charge < -0.3 is 5.32 Å². The van der Waals surface area contributed by atoms with Crippen LogP contribution in [0.1, 0.15) is 64.2 Å². The van der Waals surface area contributed by atoms with E-state index in [0.717, 1.165) is 25.3 Å². The van der Waals surface area contributed by atoms with Crippen molar-refractivity contribution in [3.8, 4) is 0 Å². The molecule has 0 spiro atoms. The Balaban J connectivity index is 1.81. The molecule has 0 saturated heterocycles. The lowest BCUT2D eigenvalue weighted by molar-refractivity contribution is -0.109. The molecule has 1 saturated carbocycles. The summed E-state index contributed by atoms with van der Waals surface area (Å²) < 4.78 is 0. The Hall–Kier alpha value is -0.530. The van der Waals surface area contributed by atoms with Crippen molar-refractivity contribution in [2.24, 2.45) is 5.92 Å². The van der Waals surface area contributed by atoms with Gasteiger partial charge in [-0.2, -0.15) is 0 Å². The Morgan fingerprint density at radius 2 is 1.73 bits per heavy atom. The third-order valence-corrected chi connectivity index (χ3v) is 3.49. The van der Waals surface area contributed by atoms with Crippen LogP contribution in [0.5, 0.6) is 0 Å². The molecule has 0 aromatic carbocycles. The number of hydrogen-bond acceptors (Lipinski definition) is 1. The van der Waals surface area contributed by atoms with Gasteiger partial charge in [-0.25, -0.2) is 0 Å². The van der Waals surface area contributed by atoms with E-state index in [1.165, 1.54) is 57.8 Å². The Bertz CT molecular complexity index is 153. The van der Waals surface area contributed by atoms with Crippen molar-refractivity contribution in [2.75, 3.05) is 6.54 Å². The third-order valence-electron chi connectivity index (χ3n) is 3.49. The van der Waals surface area contributed by atoms with Gasteiger partial charge in [-0.05, 0) is 12.3 Å². The summed E-state index contributed by atoms with van der Waals surface area (Å²) in [6.07, 6.45) is 14.7. The fourth-order valence-electron chi connectivity index (χ4n) is 2.55. The van der Waals surface area contributed by atoms with Gasteiger partial charge in [-0.1, -0.05) is 57.8 Å². The van der Waals surface area contributed by atoms with E-state index >= 15 is 0 Å². The molecule has 0 atom stereocenters. The second-order valence-corrected chi connectivity index (χ2v) is 4.78. The Labute approximate surface area is 93.8 Å². The third kappa shape index (κ3) is 6.53. The molecule has 0 unspecified atom stereocenters. The van der Waals surface area contributed by atoms with E-state index in [1.807, 2.05) is 0 Å². The summed E-state index contributed by atoms with van der Waals surface area (Å²) in [5, 5.41) is 2.71. The molecule has 15 heavy (non-hydrogen) atoms. The fourth-order valence-corrected chi connectivity index (χ4v) is 2.55. The first kappa shape index (κ1) is 12.5. The first-order chi connectivity index (χ1) is 7.43. The molecular weight excluding hydrogens is 186 g/mol. The Morgan fingerprint density at radius 1 is 1.00 bits per heavy atom. The van der Waals surface area contributed by atoms with Gasteiger partial charge in [0.15, 0.2) is 0 Å². The second kappa shape index (κ2) is 8.75. The zero-order valence-electron chi connectivity index (χ0n) is 9.84. The molecule has 0 heterocycles. The average Bonchev–Trinajstić information content (AvgIpc) is 2.29. The molecule has 2 nitrogen and oxygen atoms in total. The second-order valence-electron chi connectivity index (χ2n) is 4.78. The van der Waals surface area contributed by atoms with Gasteiger partial charge in [-0.3, -0.25) is 4.79 Å². The van der Waals surface area contributed by atoms with Gasteiger partial charge in [0.2, 0.25) is 6.41 Å². The van der Waals surface area contributed by atoms with Crippen molar-refractivity contribution in [1.82, 2.24) is 5.32 Å². The summed E-state index contributed by atoms with van der Waals surface area (Å²) in [6.45, 7) is 0.854. The number of hydrogen-bond donors (Lipinski definition) is 1. The summed E-state index contributed by atoms with van der Waals surface area (Å²) in [4.78, 5) is 9.99. The summed E-state index contributed by atoms with van der Waals surface area (Å²) in [5.41, 5.74) is 0. The molecule has 0 bridgehead atoms. The number of carbonyl (C=O) groups is 1. The molecule has 1 fully saturated rings. The zero-order valence-corrected chi connectivity index (χ0v) is 9.84. The summed E-state index contributed by atoms with van der Waals surface area (Å²) in [6, 6.07) is 0. The van der Waals surface area contributed by atoms with Crippen LogP contribution in [0.25, 0.3) is 0 Å². The maximum atomic E-state index is 9.99. The van der Waals surface area contributed by atoms with E-state index in [9.17, 15) is 4.79 Å². The van der Waals surface area contributed by atoms with Crippen LogP contribution in [0.3, 0.4) is 0 Å². The van der Waals surface area contributed by atoms with Crippen LogP contribution in [0.2, 0.25) is 0 Å². The molecule has 1 amide bonds. The van der Waals surface area contributed by atoms with E-state index in [4.69, 9.17) is 0 Å². The Morgan fingerprint density at radius 3 is 2.47 bits per heavy atom. The van der Waals surface area contributed by atoms with Crippen molar-refractivity contribution in [2.45, 2.75) is 64.2 Å². The standard InChI is InChI=1S/C13H25NO/c15-12-14-11-7-2-1-4-8-13-9-5-3-6-10-13/h12-13H,1-11H2,(H,14,15). The lowest BCUT2D eigenvalue weighted by atomic mass is 9.85. The van der Waals surface area contributed by atoms with Crippen LogP contribution in [0.4, 0.5) is 0 Å². The van der Waals surface area contributed by atoms with Gasteiger partial charge in [0.25, 0.3) is 0 Å². The molecule has 0 radical (unpaired) electrons.